The zero-order valence-electron chi connectivity index (χ0n) is 24.0. The molecule has 0 radical (unpaired) electrons. The monoisotopic (exact) mass is 552 g/mol. The zero-order valence-corrected chi connectivity index (χ0v) is 24.0. The topological polar surface area (TPSA) is 139 Å². The molecule has 0 fully saturated rings. The van der Waals surface area contributed by atoms with E-state index in [9.17, 15) is 30.0 Å². The molecule has 2 aromatic carbocycles. The predicted octanol–water partition coefficient (Wildman–Crippen LogP) is 7.60. The predicted molar refractivity (Wildman–Crippen MR) is 161 cm³/mol. The maximum Gasteiger partial charge on any atom is 0.224 e. The largest absolute Gasteiger partial charge is 0.504 e. The molecule has 0 aromatic heterocycles. The molecule has 8 heteroatoms. The number of hydrogen-bond donors (Lipinski definition) is 6. The Morgan fingerprint density at radius 2 is 1.02 bits per heavy atom. The molecule has 0 atom stereocenters. The molecule has 0 heterocycles. The van der Waals surface area contributed by atoms with Gasteiger partial charge in [-0.2, -0.15) is 0 Å². The number of carbonyl (C=O) groups excluding carboxylic acids is 2. The van der Waals surface area contributed by atoms with E-state index in [2.05, 4.69) is 62.6 Å². The van der Waals surface area contributed by atoms with Crippen LogP contribution in [-0.2, 0) is 9.59 Å². The fourth-order valence-electron chi connectivity index (χ4n) is 4.13. The molecule has 0 aliphatic rings. The van der Waals surface area contributed by atoms with Crippen LogP contribution < -0.4 is 10.6 Å². The molecule has 0 bridgehead atoms. The van der Waals surface area contributed by atoms with Crippen molar-refractivity contribution in [3.8, 4) is 34.1 Å². The number of allylic oxidation sites excluding steroid dienone is 4. The summed E-state index contributed by atoms with van der Waals surface area (Å²) < 4.78 is 0. The van der Waals surface area contributed by atoms with Crippen molar-refractivity contribution in [1.82, 2.24) is 0 Å². The second-order valence-corrected chi connectivity index (χ2v) is 10.6. The molecule has 0 saturated heterocycles. The number of nitrogens with one attached hydrogen (secondary N) is 2. The van der Waals surface area contributed by atoms with Crippen LogP contribution in [0.4, 0.5) is 11.4 Å². The molecule has 0 aliphatic heterocycles. The van der Waals surface area contributed by atoms with Gasteiger partial charge < -0.3 is 31.1 Å². The molecule has 8 nitrogen and oxygen atoms in total. The summed E-state index contributed by atoms with van der Waals surface area (Å²) in [5.74, 6) is -1.85. The van der Waals surface area contributed by atoms with Gasteiger partial charge in [0.15, 0.2) is 23.0 Å². The summed E-state index contributed by atoms with van der Waals surface area (Å²) >= 11 is 0. The maximum atomic E-state index is 12.7. The first-order valence-electron chi connectivity index (χ1n) is 14.0. The van der Waals surface area contributed by atoms with Crippen LogP contribution in [0.15, 0.2) is 48.6 Å². The van der Waals surface area contributed by atoms with E-state index in [1.807, 2.05) is 0 Å². The third-order valence-corrected chi connectivity index (χ3v) is 6.20. The molecule has 6 N–H and O–H groups in total. The Labute approximate surface area is 237 Å². The Hall–Kier alpha value is -3.94. The lowest BCUT2D eigenvalue weighted by molar-refractivity contribution is -0.117. The van der Waals surface area contributed by atoms with Gasteiger partial charge in [0.1, 0.15) is 0 Å². The number of amides is 2. The highest BCUT2D eigenvalue weighted by molar-refractivity contribution is 6.04. The molecule has 40 heavy (non-hydrogen) atoms. The number of hydrogen-bond acceptors (Lipinski definition) is 6. The average Bonchev–Trinajstić information content (AvgIpc) is 2.89. The van der Waals surface area contributed by atoms with Gasteiger partial charge in [0, 0.05) is 12.8 Å². The van der Waals surface area contributed by atoms with Crippen molar-refractivity contribution in [2.24, 2.45) is 11.8 Å². The first-order valence-corrected chi connectivity index (χ1v) is 14.0. The van der Waals surface area contributed by atoms with Crippen molar-refractivity contribution < 1.29 is 30.0 Å². The number of rotatable bonds is 15. The first-order chi connectivity index (χ1) is 19.0. The minimum Gasteiger partial charge on any atom is -0.504 e. The summed E-state index contributed by atoms with van der Waals surface area (Å²) in [4.78, 5) is 25.4. The Morgan fingerprint density at radius 1 is 0.650 bits per heavy atom. The van der Waals surface area contributed by atoms with Gasteiger partial charge in [0.05, 0.1) is 22.5 Å². The Bertz CT molecular complexity index is 1110. The molecular formula is C32H44N2O6. The van der Waals surface area contributed by atoms with Crippen molar-refractivity contribution >= 4 is 23.2 Å². The molecular weight excluding hydrogens is 508 g/mol. The van der Waals surface area contributed by atoms with Gasteiger partial charge in [-0.05, 0) is 74.6 Å². The van der Waals surface area contributed by atoms with Gasteiger partial charge in [0.25, 0.3) is 0 Å². The highest BCUT2D eigenvalue weighted by atomic mass is 16.3. The van der Waals surface area contributed by atoms with Crippen LogP contribution in [0.5, 0.6) is 23.0 Å². The van der Waals surface area contributed by atoms with Gasteiger partial charge >= 0.3 is 0 Å². The maximum absolute atomic E-state index is 12.7. The van der Waals surface area contributed by atoms with Crippen molar-refractivity contribution in [2.75, 3.05) is 10.6 Å². The molecule has 2 rings (SSSR count). The SMILES string of the molecule is CC(C)/C=C/CCCCC(=O)Nc1ccc(O)c(O)c1-c1c(NC(=O)CCCC/C=C/C(C)C)ccc(O)c1O. The third-order valence-electron chi connectivity index (χ3n) is 6.20. The van der Waals surface area contributed by atoms with E-state index in [-0.39, 0.29) is 47.2 Å². The lowest BCUT2D eigenvalue weighted by atomic mass is 9.97. The van der Waals surface area contributed by atoms with Gasteiger partial charge in [-0.25, -0.2) is 0 Å². The van der Waals surface area contributed by atoms with Crippen molar-refractivity contribution in [2.45, 2.75) is 79.1 Å². The van der Waals surface area contributed by atoms with E-state index in [1.54, 1.807) is 0 Å². The minimum atomic E-state index is -0.607. The normalized spacial score (nSPS) is 11.7. The van der Waals surface area contributed by atoms with Crippen LogP contribution in [-0.4, -0.2) is 32.2 Å². The number of phenols is 4. The minimum absolute atomic E-state index is 0.115. The van der Waals surface area contributed by atoms with Crippen LogP contribution in [0.25, 0.3) is 11.1 Å². The third kappa shape index (κ3) is 10.3. The van der Waals surface area contributed by atoms with Gasteiger partial charge in [-0.1, -0.05) is 52.0 Å². The summed E-state index contributed by atoms with van der Waals surface area (Å²) in [6.45, 7) is 8.40. The Balaban J connectivity index is 2.22. The summed E-state index contributed by atoms with van der Waals surface area (Å²) in [7, 11) is 0. The average molecular weight is 553 g/mol. The highest BCUT2D eigenvalue weighted by Gasteiger charge is 2.24. The van der Waals surface area contributed by atoms with E-state index in [1.165, 1.54) is 24.3 Å². The summed E-state index contributed by atoms with van der Waals surface area (Å²) in [5, 5.41) is 47.5. The smallest absolute Gasteiger partial charge is 0.224 e. The molecule has 218 valence electrons. The number of unbranched alkanes of at least 4 members (excludes halogenated alkanes) is 4. The van der Waals surface area contributed by atoms with E-state index >= 15 is 0 Å². The highest BCUT2D eigenvalue weighted by Crippen LogP contribution is 2.50. The van der Waals surface area contributed by atoms with E-state index < -0.39 is 23.0 Å². The van der Waals surface area contributed by atoms with Crippen LogP contribution in [0, 0.1) is 11.8 Å². The molecule has 0 aliphatic carbocycles. The standard InChI is InChI=1S/C32H44N2O6/c1-21(2)13-9-5-7-11-15-27(37)33-23-17-19-25(35)31(39)29(23)30-24(18-20-26(36)32(30)40)34-28(38)16-12-8-6-10-14-22(3)4/h9-10,13-14,17-22,35-36,39-40H,5-8,11-12,15-16H2,1-4H3,(H,33,37)(H,34,38)/b13-9+,14-10+. The van der Waals surface area contributed by atoms with Crippen molar-refractivity contribution in [3.05, 3.63) is 48.6 Å². The summed E-state index contributed by atoms with van der Waals surface area (Å²) in [6, 6.07) is 5.23. The van der Waals surface area contributed by atoms with Crippen molar-refractivity contribution in [1.29, 1.82) is 0 Å². The van der Waals surface area contributed by atoms with Gasteiger partial charge in [-0.15, -0.1) is 0 Å². The van der Waals surface area contributed by atoms with Gasteiger partial charge in [0.2, 0.25) is 11.8 Å². The van der Waals surface area contributed by atoms with Crippen LogP contribution in [0.3, 0.4) is 0 Å². The van der Waals surface area contributed by atoms with Crippen LogP contribution in [0.2, 0.25) is 0 Å². The Morgan fingerprint density at radius 3 is 1.38 bits per heavy atom. The van der Waals surface area contributed by atoms with E-state index in [0.29, 0.717) is 24.7 Å². The molecule has 2 amide bonds. The lowest BCUT2D eigenvalue weighted by Gasteiger charge is -2.19. The van der Waals surface area contributed by atoms with Crippen molar-refractivity contribution in [3.63, 3.8) is 0 Å². The fourth-order valence-corrected chi connectivity index (χ4v) is 4.13. The van der Waals surface area contributed by atoms with Crippen LogP contribution >= 0.6 is 0 Å². The second kappa shape index (κ2) is 16.2. The Kier molecular flexibility index (Phi) is 13.1. The molecule has 0 unspecified atom stereocenters. The molecule has 0 saturated carbocycles. The number of aromatic hydroxyl groups is 4. The second-order valence-electron chi connectivity index (χ2n) is 10.6. The number of benzene rings is 2. The van der Waals surface area contributed by atoms with E-state index in [0.717, 1.165) is 25.7 Å². The quantitative estimate of drug-likeness (QED) is 0.0582. The number of phenolic OH excluding ortho intramolecular Hbond substituents is 4. The first kappa shape index (κ1) is 32.3. The van der Waals surface area contributed by atoms with Crippen LogP contribution in [0.1, 0.15) is 79.1 Å². The summed E-state index contributed by atoms with van der Waals surface area (Å²) in [6.07, 6.45) is 13.6. The number of carbonyl (C=O) groups is 2. The van der Waals surface area contributed by atoms with Gasteiger partial charge in [-0.3, -0.25) is 9.59 Å². The van der Waals surface area contributed by atoms with E-state index in [4.69, 9.17) is 0 Å². The fraction of sp³-hybridized carbons (Fsp3) is 0.438. The number of anilines is 2. The lowest BCUT2D eigenvalue weighted by Crippen LogP contribution is -2.14. The zero-order chi connectivity index (χ0) is 29.7. The molecule has 2 aromatic rings. The summed E-state index contributed by atoms with van der Waals surface area (Å²) in [5.41, 5.74) is 0.00756. The molecule has 0 spiro atoms.